The van der Waals surface area contributed by atoms with Crippen molar-refractivity contribution < 1.29 is 14.6 Å². The second-order valence-corrected chi connectivity index (χ2v) is 4.79. The summed E-state index contributed by atoms with van der Waals surface area (Å²) in [6.45, 7) is 7.11. The number of hydrogen-bond donors (Lipinski definition) is 1. The molecule has 0 amide bonds. The Morgan fingerprint density at radius 1 is 1.47 bits per heavy atom. The number of nitrogens with zero attached hydrogens (tertiary/aromatic N) is 2. The Morgan fingerprint density at radius 2 is 2.06 bits per heavy atom. The lowest BCUT2D eigenvalue weighted by molar-refractivity contribution is -0.157. The van der Waals surface area contributed by atoms with Gasteiger partial charge in [0.2, 0.25) is 5.88 Å². The Kier molecular flexibility index (Phi) is 3.65. The van der Waals surface area contributed by atoms with E-state index in [9.17, 15) is 14.7 Å². The smallest absolute Gasteiger partial charge is 0.333 e. The molecular formula is C11H18N2O4. The van der Waals surface area contributed by atoms with Gasteiger partial charge < -0.3 is 9.84 Å². The van der Waals surface area contributed by atoms with Crippen LogP contribution < -0.4 is 5.69 Å². The van der Waals surface area contributed by atoms with Gasteiger partial charge in [-0.25, -0.2) is 4.79 Å². The minimum atomic E-state index is -0.612. The monoisotopic (exact) mass is 242 g/mol. The van der Waals surface area contributed by atoms with Gasteiger partial charge >= 0.3 is 11.7 Å². The van der Waals surface area contributed by atoms with Gasteiger partial charge in [-0.3, -0.25) is 13.9 Å². The molecule has 0 aliphatic rings. The lowest BCUT2D eigenvalue weighted by Crippen LogP contribution is -2.28. The van der Waals surface area contributed by atoms with Gasteiger partial charge in [0.15, 0.2) is 6.73 Å². The zero-order valence-corrected chi connectivity index (χ0v) is 10.6. The molecule has 17 heavy (non-hydrogen) atoms. The molecule has 0 fully saturated rings. The number of esters is 1. The number of ether oxygens (including phenoxy) is 1. The number of aromatic nitrogens is 2. The molecule has 1 rings (SSSR count). The maximum absolute atomic E-state index is 11.7. The van der Waals surface area contributed by atoms with Crippen LogP contribution in [0.2, 0.25) is 0 Å². The highest BCUT2D eigenvalue weighted by Gasteiger charge is 2.23. The van der Waals surface area contributed by atoms with E-state index >= 15 is 0 Å². The van der Waals surface area contributed by atoms with Crippen molar-refractivity contribution >= 4 is 5.97 Å². The zero-order chi connectivity index (χ0) is 13.2. The molecule has 0 saturated heterocycles. The fraction of sp³-hybridized carbons (Fsp3) is 0.636. The summed E-state index contributed by atoms with van der Waals surface area (Å²) in [4.78, 5) is 23.2. The van der Waals surface area contributed by atoms with Gasteiger partial charge in [0.25, 0.3) is 0 Å². The number of aromatic hydroxyl groups is 1. The first-order chi connectivity index (χ1) is 7.77. The van der Waals surface area contributed by atoms with Gasteiger partial charge in [0.05, 0.1) is 11.6 Å². The first-order valence-electron chi connectivity index (χ1n) is 5.43. The Balaban J connectivity index is 2.78. The van der Waals surface area contributed by atoms with E-state index in [0.29, 0.717) is 6.54 Å². The highest BCUT2D eigenvalue weighted by Crippen LogP contribution is 2.15. The predicted molar refractivity (Wildman–Crippen MR) is 61.6 cm³/mol. The maximum atomic E-state index is 11.7. The van der Waals surface area contributed by atoms with Crippen molar-refractivity contribution in [2.75, 3.05) is 0 Å². The number of carbonyl (C=O) groups excluding carboxylic acids is 1. The summed E-state index contributed by atoms with van der Waals surface area (Å²) in [5.74, 6) is -0.530. The van der Waals surface area contributed by atoms with Gasteiger partial charge in [-0.2, -0.15) is 0 Å². The van der Waals surface area contributed by atoms with Crippen molar-refractivity contribution in [1.29, 1.82) is 0 Å². The molecule has 0 aliphatic carbocycles. The number of carbonyl (C=O) groups is 1. The second kappa shape index (κ2) is 4.65. The fourth-order valence-electron chi connectivity index (χ4n) is 1.25. The predicted octanol–water partition coefficient (Wildman–Crippen LogP) is 0.922. The van der Waals surface area contributed by atoms with E-state index in [0.717, 1.165) is 4.57 Å². The van der Waals surface area contributed by atoms with E-state index in [-0.39, 0.29) is 12.6 Å². The minimum absolute atomic E-state index is 0.135. The maximum Gasteiger partial charge on any atom is 0.333 e. The van der Waals surface area contributed by atoms with E-state index in [2.05, 4.69) is 0 Å². The van der Waals surface area contributed by atoms with Crippen LogP contribution in [0.3, 0.4) is 0 Å². The fourth-order valence-corrected chi connectivity index (χ4v) is 1.25. The number of hydrogen-bond acceptors (Lipinski definition) is 4. The van der Waals surface area contributed by atoms with Crippen molar-refractivity contribution in [1.82, 2.24) is 9.13 Å². The number of rotatable bonds is 3. The minimum Gasteiger partial charge on any atom is -0.493 e. The van der Waals surface area contributed by atoms with E-state index in [4.69, 9.17) is 4.74 Å². The molecule has 6 heteroatoms. The van der Waals surface area contributed by atoms with E-state index in [1.807, 2.05) is 0 Å². The first kappa shape index (κ1) is 13.3. The lowest BCUT2D eigenvalue weighted by Gasteiger charge is -2.16. The van der Waals surface area contributed by atoms with Crippen LogP contribution in [0.4, 0.5) is 0 Å². The molecule has 0 radical (unpaired) electrons. The normalized spacial score (nSPS) is 11.5. The molecule has 0 unspecified atom stereocenters. The van der Waals surface area contributed by atoms with Crippen molar-refractivity contribution in [3.8, 4) is 5.88 Å². The van der Waals surface area contributed by atoms with Gasteiger partial charge in [-0.05, 0) is 27.7 Å². The molecule has 1 aromatic rings. The highest BCUT2D eigenvalue weighted by atomic mass is 16.5. The van der Waals surface area contributed by atoms with E-state index in [1.54, 1.807) is 27.7 Å². The topological polar surface area (TPSA) is 73.5 Å². The van der Waals surface area contributed by atoms with Crippen LogP contribution in [0.25, 0.3) is 0 Å². The summed E-state index contributed by atoms with van der Waals surface area (Å²) in [6.07, 6.45) is 1.25. The molecule has 0 spiro atoms. The van der Waals surface area contributed by atoms with Crippen LogP contribution in [-0.4, -0.2) is 20.2 Å². The second-order valence-electron chi connectivity index (χ2n) is 4.79. The van der Waals surface area contributed by atoms with E-state index < -0.39 is 17.1 Å². The van der Waals surface area contributed by atoms with Crippen LogP contribution in [0.1, 0.15) is 27.7 Å². The van der Waals surface area contributed by atoms with Gasteiger partial charge in [0, 0.05) is 6.54 Å². The van der Waals surface area contributed by atoms with Crippen molar-refractivity contribution in [2.24, 2.45) is 5.41 Å². The average molecular weight is 242 g/mol. The third-order valence-electron chi connectivity index (χ3n) is 2.29. The zero-order valence-electron chi connectivity index (χ0n) is 10.6. The molecule has 0 aromatic carbocycles. The molecule has 0 aliphatic heterocycles. The van der Waals surface area contributed by atoms with Crippen LogP contribution in [0, 0.1) is 5.41 Å². The Hall–Kier alpha value is -1.72. The summed E-state index contributed by atoms with van der Waals surface area (Å²) >= 11 is 0. The summed E-state index contributed by atoms with van der Waals surface area (Å²) < 4.78 is 7.33. The molecule has 1 aromatic heterocycles. The molecule has 0 saturated carbocycles. The van der Waals surface area contributed by atoms with E-state index in [1.165, 1.54) is 10.8 Å². The van der Waals surface area contributed by atoms with Crippen LogP contribution >= 0.6 is 0 Å². The quantitative estimate of drug-likeness (QED) is 0.800. The van der Waals surface area contributed by atoms with Gasteiger partial charge in [0.1, 0.15) is 0 Å². The van der Waals surface area contributed by atoms with Crippen molar-refractivity contribution in [3.63, 3.8) is 0 Å². The Morgan fingerprint density at radius 3 is 2.47 bits per heavy atom. The first-order valence-corrected chi connectivity index (χ1v) is 5.43. The Labute approximate surface area is 99.4 Å². The largest absolute Gasteiger partial charge is 0.493 e. The Bertz CT molecular complexity index is 465. The SMILES string of the molecule is CCn1c(O)cn(COC(=O)C(C)(C)C)c1=O. The lowest BCUT2D eigenvalue weighted by atomic mass is 9.98. The molecule has 6 nitrogen and oxygen atoms in total. The van der Waals surface area contributed by atoms with Gasteiger partial charge in [-0.1, -0.05) is 0 Å². The molecule has 1 N–H and O–H groups in total. The molecule has 0 atom stereocenters. The summed E-state index contributed by atoms with van der Waals surface area (Å²) in [5, 5.41) is 9.44. The third kappa shape index (κ3) is 2.89. The molecular weight excluding hydrogens is 224 g/mol. The summed E-state index contributed by atoms with van der Waals surface area (Å²) in [5.41, 5.74) is -1.01. The van der Waals surface area contributed by atoms with Crippen molar-refractivity contribution in [3.05, 3.63) is 16.7 Å². The molecule has 0 bridgehead atoms. The van der Waals surface area contributed by atoms with Crippen molar-refractivity contribution in [2.45, 2.75) is 41.0 Å². The summed E-state index contributed by atoms with van der Waals surface area (Å²) in [6, 6.07) is 0. The van der Waals surface area contributed by atoms with Crippen LogP contribution in [0.15, 0.2) is 11.0 Å². The average Bonchev–Trinajstić information content (AvgIpc) is 2.48. The molecule has 96 valence electrons. The highest BCUT2D eigenvalue weighted by molar-refractivity contribution is 5.75. The number of imidazole rings is 1. The molecule has 1 heterocycles. The third-order valence-corrected chi connectivity index (χ3v) is 2.29. The van der Waals surface area contributed by atoms with Crippen LogP contribution in [-0.2, 0) is 22.8 Å². The summed E-state index contributed by atoms with van der Waals surface area (Å²) in [7, 11) is 0. The van der Waals surface area contributed by atoms with Crippen LogP contribution in [0.5, 0.6) is 5.88 Å². The standard InChI is InChI=1S/C11H18N2O4/c1-5-13-8(14)6-12(10(13)16)7-17-9(15)11(2,3)4/h6,14H,5,7H2,1-4H3. The van der Waals surface area contributed by atoms with Gasteiger partial charge in [-0.15, -0.1) is 0 Å².